The topological polar surface area (TPSA) is 69.0 Å². The molecule has 0 spiro atoms. The van der Waals surface area contributed by atoms with Crippen LogP contribution in [-0.2, 0) is 9.53 Å². The van der Waals surface area contributed by atoms with Crippen LogP contribution in [-0.4, -0.2) is 27.3 Å². The minimum absolute atomic E-state index is 0.280. The first kappa shape index (κ1) is 16.2. The Morgan fingerprint density at radius 1 is 1.33 bits per heavy atom. The molecule has 1 aromatic carbocycles. The second kappa shape index (κ2) is 6.82. The molecule has 0 aliphatic carbocycles. The molecule has 1 aliphatic rings. The highest BCUT2D eigenvalue weighted by molar-refractivity contribution is 5.92. The van der Waals surface area contributed by atoms with Gasteiger partial charge in [0, 0.05) is 5.70 Å². The molecule has 126 valence electrons. The van der Waals surface area contributed by atoms with E-state index in [4.69, 9.17) is 4.74 Å². The number of carbonyl (C=O) groups excluding carboxylic acids is 1. The molecule has 0 radical (unpaired) electrons. The molecule has 1 aromatic heterocycles. The van der Waals surface area contributed by atoms with Crippen LogP contribution in [0.25, 0.3) is 0 Å². The van der Waals surface area contributed by atoms with Gasteiger partial charge in [-0.05, 0) is 31.0 Å². The van der Waals surface area contributed by atoms with E-state index in [0.29, 0.717) is 17.9 Å². The van der Waals surface area contributed by atoms with Crippen LogP contribution in [0.5, 0.6) is 0 Å². The summed E-state index contributed by atoms with van der Waals surface area (Å²) in [7, 11) is 0. The fourth-order valence-electron chi connectivity index (χ4n) is 2.86. The summed E-state index contributed by atoms with van der Waals surface area (Å²) >= 11 is 0. The summed E-state index contributed by atoms with van der Waals surface area (Å²) in [5.74, 6) is -0.174. The van der Waals surface area contributed by atoms with Crippen molar-refractivity contribution in [1.29, 1.82) is 0 Å². The smallest absolute Gasteiger partial charge is 0.338 e. The highest BCUT2D eigenvalue weighted by Crippen LogP contribution is 2.36. The molecule has 0 fully saturated rings. The maximum Gasteiger partial charge on any atom is 0.338 e. The number of anilines is 1. The molecule has 1 N–H and O–H groups in total. The maximum atomic E-state index is 13.3. The second-order valence-corrected chi connectivity index (χ2v) is 5.47. The van der Waals surface area contributed by atoms with E-state index in [1.165, 1.54) is 18.5 Å². The zero-order valence-electron chi connectivity index (χ0n) is 13.6. The van der Waals surface area contributed by atoms with Crippen LogP contribution >= 0.6 is 0 Å². The number of ether oxygens (including phenoxy) is 1. The van der Waals surface area contributed by atoms with E-state index in [0.717, 1.165) is 17.7 Å². The predicted octanol–water partition coefficient (Wildman–Crippen LogP) is 3.05. The number of esters is 1. The van der Waals surface area contributed by atoms with Crippen molar-refractivity contribution < 1.29 is 13.9 Å². The third-order valence-electron chi connectivity index (χ3n) is 3.86. The lowest BCUT2D eigenvalue weighted by atomic mass is 9.94. The number of nitrogens with one attached hydrogen (secondary N) is 1. The Kier molecular flexibility index (Phi) is 4.59. The van der Waals surface area contributed by atoms with Crippen molar-refractivity contribution in [2.75, 3.05) is 11.9 Å². The van der Waals surface area contributed by atoms with Crippen molar-refractivity contribution in [2.45, 2.75) is 32.7 Å². The van der Waals surface area contributed by atoms with Gasteiger partial charge in [0.25, 0.3) is 0 Å². The molecule has 3 rings (SSSR count). The molecule has 1 aliphatic heterocycles. The second-order valence-electron chi connectivity index (χ2n) is 5.47. The molecule has 2 aromatic rings. The lowest BCUT2D eigenvalue weighted by Gasteiger charge is -2.29. The fraction of sp³-hybridized carbons (Fsp3) is 0.353. The molecule has 1 atom stereocenters. The number of rotatable bonds is 5. The highest BCUT2D eigenvalue weighted by atomic mass is 19.1. The van der Waals surface area contributed by atoms with E-state index in [1.54, 1.807) is 23.7 Å². The summed E-state index contributed by atoms with van der Waals surface area (Å²) in [6.45, 7) is 4.08. The molecule has 6 nitrogen and oxygen atoms in total. The van der Waals surface area contributed by atoms with E-state index < -0.39 is 12.0 Å². The zero-order valence-corrected chi connectivity index (χ0v) is 13.6. The molecule has 0 saturated carbocycles. The normalized spacial score (nSPS) is 16.5. The maximum absolute atomic E-state index is 13.3. The van der Waals surface area contributed by atoms with Crippen LogP contribution in [0.2, 0.25) is 0 Å². The van der Waals surface area contributed by atoms with Crippen LogP contribution in [0.3, 0.4) is 0 Å². The quantitative estimate of drug-likeness (QED) is 0.853. The largest absolute Gasteiger partial charge is 0.463 e. The molecular weight excluding hydrogens is 311 g/mol. The molecule has 7 heteroatoms. The van der Waals surface area contributed by atoms with E-state index in [2.05, 4.69) is 15.4 Å². The van der Waals surface area contributed by atoms with Crippen molar-refractivity contribution in [3.63, 3.8) is 0 Å². The molecule has 24 heavy (non-hydrogen) atoms. The van der Waals surface area contributed by atoms with Crippen LogP contribution in [0, 0.1) is 5.82 Å². The molecule has 0 saturated heterocycles. The Balaban J connectivity index is 2.15. The lowest BCUT2D eigenvalue weighted by Crippen LogP contribution is -2.30. The predicted molar refractivity (Wildman–Crippen MR) is 86.8 cm³/mol. The van der Waals surface area contributed by atoms with Crippen LogP contribution < -0.4 is 5.32 Å². The van der Waals surface area contributed by atoms with Gasteiger partial charge in [-0.15, -0.1) is 0 Å². The van der Waals surface area contributed by atoms with E-state index in [-0.39, 0.29) is 12.4 Å². The van der Waals surface area contributed by atoms with Gasteiger partial charge >= 0.3 is 5.97 Å². The summed E-state index contributed by atoms with van der Waals surface area (Å²) in [6.07, 6.45) is 2.96. The summed E-state index contributed by atoms with van der Waals surface area (Å²) in [5, 5.41) is 7.40. The van der Waals surface area contributed by atoms with E-state index in [1.807, 2.05) is 6.92 Å². The lowest BCUT2D eigenvalue weighted by molar-refractivity contribution is -0.139. The summed E-state index contributed by atoms with van der Waals surface area (Å²) in [4.78, 5) is 16.8. The van der Waals surface area contributed by atoms with Gasteiger partial charge in [0.1, 0.15) is 18.2 Å². The van der Waals surface area contributed by atoms with Crippen molar-refractivity contribution in [1.82, 2.24) is 14.8 Å². The van der Waals surface area contributed by atoms with Gasteiger partial charge in [-0.25, -0.2) is 13.9 Å². The average molecular weight is 330 g/mol. The average Bonchev–Trinajstić information content (AvgIpc) is 3.03. The van der Waals surface area contributed by atoms with Crippen LogP contribution in [0.15, 0.2) is 41.9 Å². The minimum Gasteiger partial charge on any atom is -0.463 e. The van der Waals surface area contributed by atoms with Gasteiger partial charge in [-0.2, -0.15) is 10.1 Å². The SMILES string of the molecule is CCCC1=C(C(=O)OCC)[C@@H](c2ccc(F)cc2)n2ncnc2N1. The Hall–Kier alpha value is -2.70. The van der Waals surface area contributed by atoms with Crippen LogP contribution in [0.1, 0.15) is 38.3 Å². The van der Waals surface area contributed by atoms with Gasteiger partial charge in [0.05, 0.1) is 12.2 Å². The van der Waals surface area contributed by atoms with Crippen molar-refractivity contribution >= 4 is 11.9 Å². The molecule has 0 amide bonds. The van der Waals surface area contributed by atoms with E-state index >= 15 is 0 Å². The Labute approximate surface area is 139 Å². The Bertz CT molecular complexity index is 767. The van der Waals surface area contributed by atoms with Crippen molar-refractivity contribution in [3.05, 3.63) is 53.2 Å². The van der Waals surface area contributed by atoms with Crippen LogP contribution in [0.4, 0.5) is 10.3 Å². The molecule has 0 bridgehead atoms. The van der Waals surface area contributed by atoms with Crippen molar-refractivity contribution in [2.24, 2.45) is 0 Å². The molecule has 0 unspecified atom stereocenters. The number of hydrogen-bond donors (Lipinski definition) is 1. The zero-order chi connectivity index (χ0) is 17.1. The van der Waals surface area contributed by atoms with Gasteiger partial charge in [0.15, 0.2) is 0 Å². The first-order valence-corrected chi connectivity index (χ1v) is 7.97. The van der Waals surface area contributed by atoms with Gasteiger partial charge in [-0.3, -0.25) is 0 Å². The molecular formula is C17H19FN4O2. The fourth-order valence-corrected chi connectivity index (χ4v) is 2.86. The minimum atomic E-state index is -0.495. The highest BCUT2D eigenvalue weighted by Gasteiger charge is 2.35. The number of halogens is 1. The monoisotopic (exact) mass is 330 g/mol. The Morgan fingerprint density at radius 2 is 2.08 bits per heavy atom. The first-order chi connectivity index (χ1) is 11.7. The summed E-state index contributed by atoms with van der Waals surface area (Å²) < 4.78 is 20.2. The Morgan fingerprint density at radius 3 is 2.75 bits per heavy atom. The number of fused-ring (bicyclic) bond motifs is 1. The molecule has 2 heterocycles. The van der Waals surface area contributed by atoms with E-state index in [9.17, 15) is 9.18 Å². The summed E-state index contributed by atoms with van der Waals surface area (Å²) in [6, 6.07) is 5.55. The number of carbonyl (C=O) groups is 1. The number of allylic oxidation sites excluding steroid dienone is 1. The van der Waals surface area contributed by atoms with Gasteiger partial charge in [-0.1, -0.05) is 25.5 Å². The number of hydrogen-bond acceptors (Lipinski definition) is 5. The standard InChI is InChI=1S/C17H19FN4O2/c1-3-5-13-14(16(23)24-4-2)15(11-6-8-12(18)9-7-11)22-17(21-13)19-10-20-22/h6-10,15H,3-5H2,1-2H3,(H,19,20,21)/t15-/m1/s1. The first-order valence-electron chi connectivity index (χ1n) is 7.97. The number of aromatic nitrogens is 3. The third-order valence-corrected chi connectivity index (χ3v) is 3.86. The van der Waals surface area contributed by atoms with Gasteiger partial charge < -0.3 is 10.1 Å². The number of benzene rings is 1. The van der Waals surface area contributed by atoms with Crippen molar-refractivity contribution in [3.8, 4) is 0 Å². The van der Waals surface area contributed by atoms with Gasteiger partial charge in [0.2, 0.25) is 5.95 Å². The number of nitrogens with zero attached hydrogens (tertiary/aromatic N) is 3. The summed E-state index contributed by atoms with van der Waals surface area (Å²) in [5.41, 5.74) is 2.01. The third kappa shape index (κ3) is 2.89.